The van der Waals surface area contributed by atoms with Gasteiger partial charge in [-0.05, 0) is 24.5 Å². The van der Waals surface area contributed by atoms with Crippen molar-refractivity contribution in [2.24, 2.45) is 0 Å². The van der Waals surface area contributed by atoms with Crippen molar-refractivity contribution in [2.75, 3.05) is 19.8 Å². The Hall–Kier alpha value is -1.76. The van der Waals surface area contributed by atoms with Crippen LogP contribution in [0.15, 0.2) is 54.6 Å². The third kappa shape index (κ3) is 4.45. The molecule has 1 aliphatic heterocycles. The highest BCUT2D eigenvalue weighted by Crippen LogP contribution is 2.34. The van der Waals surface area contributed by atoms with Crippen molar-refractivity contribution in [3.05, 3.63) is 71.5 Å². The smallest absolute Gasteiger partial charge is 0.215 e. The average molecular weight is 363 g/mol. The van der Waals surface area contributed by atoms with Crippen molar-refractivity contribution in [3.63, 3.8) is 0 Å². The summed E-state index contributed by atoms with van der Waals surface area (Å²) in [4.78, 5) is 0. The molecule has 0 spiro atoms. The molecule has 0 saturated carbocycles. The molecule has 0 amide bonds. The molecule has 1 N–H and O–H groups in total. The second kappa shape index (κ2) is 7.64. The van der Waals surface area contributed by atoms with Crippen LogP contribution in [0.25, 0.3) is 0 Å². The fourth-order valence-corrected chi connectivity index (χ4v) is 4.48. The highest BCUT2D eigenvalue weighted by atomic mass is 32.2. The molecule has 134 valence electrons. The maximum atomic E-state index is 13.7. The molecule has 0 bridgehead atoms. The number of sulfonamides is 1. The topological polar surface area (TPSA) is 55.4 Å². The van der Waals surface area contributed by atoms with Crippen molar-refractivity contribution in [1.82, 2.24) is 4.72 Å². The molecule has 0 aliphatic carbocycles. The van der Waals surface area contributed by atoms with Gasteiger partial charge in [-0.1, -0.05) is 48.5 Å². The number of hydrogen-bond donors (Lipinski definition) is 1. The van der Waals surface area contributed by atoms with Crippen LogP contribution in [0, 0.1) is 5.82 Å². The van der Waals surface area contributed by atoms with Crippen LogP contribution in [-0.2, 0) is 25.9 Å². The minimum Gasteiger partial charge on any atom is -0.381 e. The van der Waals surface area contributed by atoms with Crippen LogP contribution in [0.5, 0.6) is 0 Å². The summed E-state index contributed by atoms with van der Waals surface area (Å²) in [6.07, 6.45) is 1.50. The van der Waals surface area contributed by atoms with Crippen molar-refractivity contribution in [1.29, 1.82) is 0 Å². The summed E-state index contributed by atoms with van der Waals surface area (Å²) in [5, 5.41) is 0. The molecule has 1 aliphatic rings. The summed E-state index contributed by atoms with van der Waals surface area (Å²) in [5.74, 6) is -0.863. The quantitative estimate of drug-likeness (QED) is 0.858. The van der Waals surface area contributed by atoms with Crippen molar-refractivity contribution >= 4 is 10.0 Å². The Balaban J connectivity index is 1.76. The summed E-state index contributed by atoms with van der Waals surface area (Å²) in [7, 11) is -3.63. The van der Waals surface area contributed by atoms with Gasteiger partial charge in [0.05, 0.1) is 5.75 Å². The van der Waals surface area contributed by atoms with Gasteiger partial charge in [0.25, 0.3) is 0 Å². The van der Waals surface area contributed by atoms with Crippen molar-refractivity contribution in [2.45, 2.75) is 24.0 Å². The molecule has 4 nitrogen and oxygen atoms in total. The van der Waals surface area contributed by atoms with Gasteiger partial charge in [0.1, 0.15) is 5.82 Å². The van der Waals surface area contributed by atoms with E-state index in [2.05, 4.69) is 4.72 Å². The molecule has 6 heteroatoms. The molecule has 25 heavy (non-hydrogen) atoms. The van der Waals surface area contributed by atoms with Crippen LogP contribution in [0.2, 0.25) is 0 Å². The molecule has 2 aromatic rings. The maximum absolute atomic E-state index is 13.7. The Morgan fingerprint density at radius 1 is 1.00 bits per heavy atom. The SMILES string of the molecule is O=S(=O)(Cc1ccccc1F)NCC1(c2ccccc2)CCOCC1. The third-order valence-corrected chi connectivity index (χ3v) is 6.05. The summed E-state index contributed by atoms with van der Waals surface area (Å²) in [6.45, 7) is 1.49. The summed E-state index contributed by atoms with van der Waals surface area (Å²) < 4.78 is 46.8. The Kier molecular flexibility index (Phi) is 5.51. The van der Waals surface area contributed by atoms with E-state index in [-0.39, 0.29) is 23.3 Å². The summed E-state index contributed by atoms with van der Waals surface area (Å²) in [5.41, 5.74) is 0.990. The molecular weight excluding hydrogens is 341 g/mol. The maximum Gasteiger partial charge on any atom is 0.215 e. The van der Waals surface area contributed by atoms with Crippen LogP contribution >= 0.6 is 0 Å². The van der Waals surface area contributed by atoms with Gasteiger partial charge in [0.2, 0.25) is 10.0 Å². The van der Waals surface area contributed by atoms with E-state index in [9.17, 15) is 12.8 Å². The lowest BCUT2D eigenvalue weighted by atomic mass is 9.74. The van der Waals surface area contributed by atoms with Crippen LogP contribution in [0.3, 0.4) is 0 Å². The Bertz CT molecular complexity index is 802. The third-order valence-electron chi connectivity index (χ3n) is 4.77. The van der Waals surface area contributed by atoms with Gasteiger partial charge in [-0.3, -0.25) is 0 Å². The zero-order valence-electron chi connectivity index (χ0n) is 13.9. The first-order valence-electron chi connectivity index (χ1n) is 8.35. The number of hydrogen-bond acceptors (Lipinski definition) is 3. The molecule has 0 radical (unpaired) electrons. The van der Waals surface area contributed by atoms with E-state index in [1.165, 1.54) is 12.1 Å². The second-order valence-electron chi connectivity index (χ2n) is 6.43. The van der Waals surface area contributed by atoms with Crippen molar-refractivity contribution < 1.29 is 17.5 Å². The number of nitrogens with one attached hydrogen (secondary N) is 1. The van der Waals surface area contributed by atoms with E-state index in [0.29, 0.717) is 13.2 Å². The zero-order chi connectivity index (χ0) is 17.8. The van der Waals surface area contributed by atoms with E-state index in [4.69, 9.17) is 4.74 Å². The van der Waals surface area contributed by atoms with Gasteiger partial charge in [-0.25, -0.2) is 17.5 Å². The van der Waals surface area contributed by atoms with Crippen LogP contribution < -0.4 is 4.72 Å². The predicted octanol–water partition coefficient (Wildman–Crippen LogP) is 2.99. The monoisotopic (exact) mass is 363 g/mol. The Labute approximate surface area is 148 Å². The molecule has 1 heterocycles. The highest BCUT2D eigenvalue weighted by molar-refractivity contribution is 7.88. The highest BCUT2D eigenvalue weighted by Gasteiger charge is 2.35. The minimum absolute atomic E-state index is 0.177. The molecule has 1 saturated heterocycles. The predicted molar refractivity (Wildman–Crippen MR) is 95.2 cm³/mol. The van der Waals surface area contributed by atoms with Gasteiger partial charge < -0.3 is 4.74 Å². The van der Waals surface area contributed by atoms with E-state index in [1.54, 1.807) is 12.1 Å². The molecule has 3 rings (SSSR count). The molecule has 0 unspecified atom stereocenters. The number of ether oxygens (including phenoxy) is 1. The van der Waals surface area contributed by atoms with E-state index in [1.807, 2.05) is 30.3 Å². The molecule has 0 atom stereocenters. The molecule has 0 aromatic heterocycles. The van der Waals surface area contributed by atoms with Gasteiger partial charge in [-0.15, -0.1) is 0 Å². The van der Waals surface area contributed by atoms with Gasteiger partial charge in [-0.2, -0.15) is 0 Å². The second-order valence-corrected chi connectivity index (χ2v) is 8.24. The van der Waals surface area contributed by atoms with Gasteiger partial charge in [0, 0.05) is 30.7 Å². The number of rotatable bonds is 6. The lowest BCUT2D eigenvalue weighted by Gasteiger charge is -2.37. The Morgan fingerprint density at radius 3 is 2.32 bits per heavy atom. The largest absolute Gasteiger partial charge is 0.381 e. The summed E-state index contributed by atoms with van der Waals surface area (Å²) >= 11 is 0. The lowest BCUT2D eigenvalue weighted by Crippen LogP contribution is -2.44. The molecule has 1 fully saturated rings. The molecule has 2 aromatic carbocycles. The van der Waals surface area contributed by atoms with E-state index in [0.717, 1.165) is 18.4 Å². The first-order valence-corrected chi connectivity index (χ1v) is 10.0. The first-order chi connectivity index (χ1) is 12.0. The van der Waals surface area contributed by atoms with Crippen LogP contribution in [-0.4, -0.2) is 28.2 Å². The number of benzene rings is 2. The minimum atomic E-state index is -3.63. The van der Waals surface area contributed by atoms with Gasteiger partial charge in [0.15, 0.2) is 0 Å². The lowest BCUT2D eigenvalue weighted by molar-refractivity contribution is 0.0517. The van der Waals surface area contributed by atoms with Gasteiger partial charge >= 0.3 is 0 Å². The van der Waals surface area contributed by atoms with E-state index < -0.39 is 15.8 Å². The van der Waals surface area contributed by atoms with Crippen LogP contribution in [0.4, 0.5) is 4.39 Å². The summed E-state index contributed by atoms with van der Waals surface area (Å²) in [6, 6.07) is 15.9. The molecular formula is C19H22FNO3S. The van der Waals surface area contributed by atoms with E-state index >= 15 is 0 Å². The van der Waals surface area contributed by atoms with Crippen LogP contribution in [0.1, 0.15) is 24.0 Å². The standard InChI is InChI=1S/C19H22FNO3S/c20-18-9-5-4-6-16(18)14-25(22,23)21-15-19(10-12-24-13-11-19)17-7-2-1-3-8-17/h1-9,21H,10-15H2. The fourth-order valence-electron chi connectivity index (χ4n) is 3.24. The first kappa shape index (κ1) is 18.0. The average Bonchev–Trinajstić information content (AvgIpc) is 2.64. The zero-order valence-corrected chi connectivity index (χ0v) is 14.8. The number of halogens is 1. The van der Waals surface area contributed by atoms with Crippen molar-refractivity contribution in [3.8, 4) is 0 Å². The fraction of sp³-hybridized carbons (Fsp3) is 0.368. The Morgan fingerprint density at radius 2 is 1.64 bits per heavy atom. The normalized spacial score (nSPS) is 17.3.